The number of carbonyl (C=O) groups is 1. The number of hydrogen-bond acceptors (Lipinski definition) is 4. The summed E-state index contributed by atoms with van der Waals surface area (Å²) in [6.45, 7) is 1.78. The number of benzene rings is 2. The van der Waals surface area contributed by atoms with Gasteiger partial charge in [0.25, 0.3) is 0 Å². The first-order valence-electron chi connectivity index (χ1n) is 6.71. The zero-order valence-corrected chi connectivity index (χ0v) is 16.2. The maximum absolute atomic E-state index is 12.2. The minimum Gasteiger partial charge on any atom is -0.495 e. The van der Waals surface area contributed by atoms with Crippen LogP contribution in [0.15, 0.2) is 28.7 Å². The van der Waals surface area contributed by atoms with Gasteiger partial charge in [0.05, 0.1) is 29.4 Å². The summed E-state index contributed by atoms with van der Waals surface area (Å²) in [7, 11) is 2.96. The van der Waals surface area contributed by atoms with Crippen LogP contribution in [0.1, 0.15) is 5.56 Å². The van der Waals surface area contributed by atoms with Crippen molar-refractivity contribution in [2.24, 2.45) is 0 Å². The second-order valence-corrected chi connectivity index (χ2v) is 6.43. The minimum absolute atomic E-state index is 0.331. The molecule has 1 amide bonds. The van der Waals surface area contributed by atoms with Gasteiger partial charge in [0.1, 0.15) is 17.2 Å². The Morgan fingerprint density at radius 2 is 1.75 bits per heavy atom. The lowest BCUT2D eigenvalue weighted by atomic mass is 10.2. The van der Waals surface area contributed by atoms with Crippen LogP contribution in [-0.2, 0) is 0 Å². The molecule has 8 heteroatoms. The van der Waals surface area contributed by atoms with Gasteiger partial charge in [-0.05, 0) is 46.6 Å². The summed E-state index contributed by atoms with van der Waals surface area (Å²) in [6.07, 6.45) is -0.694. The summed E-state index contributed by atoms with van der Waals surface area (Å²) in [5.41, 5.74) is 1.07. The Hall–Kier alpha value is -1.63. The van der Waals surface area contributed by atoms with Gasteiger partial charge in [0.2, 0.25) is 0 Å². The van der Waals surface area contributed by atoms with Crippen molar-refractivity contribution in [3.05, 3.63) is 44.3 Å². The van der Waals surface area contributed by atoms with E-state index in [-0.39, 0.29) is 0 Å². The van der Waals surface area contributed by atoms with Crippen LogP contribution in [-0.4, -0.2) is 20.3 Å². The predicted molar refractivity (Wildman–Crippen MR) is 98.1 cm³/mol. The Kier molecular flexibility index (Phi) is 6.21. The Balaban J connectivity index is 2.23. The van der Waals surface area contributed by atoms with Gasteiger partial charge in [-0.25, -0.2) is 4.79 Å². The molecule has 0 fully saturated rings. The maximum Gasteiger partial charge on any atom is 0.417 e. The quantitative estimate of drug-likeness (QED) is 0.671. The number of amides is 1. The third kappa shape index (κ3) is 4.26. The van der Waals surface area contributed by atoms with E-state index in [2.05, 4.69) is 21.2 Å². The number of anilines is 1. The molecule has 0 aliphatic carbocycles. The molecule has 0 radical (unpaired) electrons. The van der Waals surface area contributed by atoms with E-state index in [9.17, 15) is 4.79 Å². The highest BCUT2D eigenvalue weighted by Crippen LogP contribution is 2.36. The highest BCUT2D eigenvalue weighted by molar-refractivity contribution is 9.10. The van der Waals surface area contributed by atoms with Crippen molar-refractivity contribution in [1.82, 2.24) is 0 Å². The molecule has 0 aliphatic rings. The van der Waals surface area contributed by atoms with Crippen LogP contribution in [0, 0.1) is 6.92 Å². The fourth-order valence-electron chi connectivity index (χ4n) is 2.00. The first-order chi connectivity index (χ1) is 11.3. The average molecular weight is 435 g/mol. The van der Waals surface area contributed by atoms with Crippen LogP contribution < -0.4 is 19.5 Å². The van der Waals surface area contributed by atoms with Crippen molar-refractivity contribution >= 4 is 50.9 Å². The normalized spacial score (nSPS) is 10.2. The van der Waals surface area contributed by atoms with E-state index in [1.165, 1.54) is 20.3 Å². The Labute approximate surface area is 157 Å². The maximum atomic E-state index is 12.2. The molecule has 0 saturated carbocycles. The number of carbonyl (C=O) groups excluding carboxylic acids is 1. The van der Waals surface area contributed by atoms with Crippen LogP contribution in [0.3, 0.4) is 0 Å². The third-order valence-electron chi connectivity index (χ3n) is 3.10. The number of ether oxygens (including phenoxy) is 3. The van der Waals surface area contributed by atoms with Crippen LogP contribution in [0.5, 0.6) is 17.2 Å². The fraction of sp³-hybridized carbons (Fsp3) is 0.188. The van der Waals surface area contributed by atoms with Gasteiger partial charge in [-0.15, -0.1) is 0 Å². The van der Waals surface area contributed by atoms with Crippen molar-refractivity contribution in [3.8, 4) is 17.2 Å². The van der Waals surface area contributed by atoms with Gasteiger partial charge >= 0.3 is 6.09 Å². The van der Waals surface area contributed by atoms with E-state index in [0.717, 1.165) is 0 Å². The molecule has 0 saturated heterocycles. The van der Waals surface area contributed by atoms with Crippen molar-refractivity contribution in [2.45, 2.75) is 6.92 Å². The highest BCUT2D eigenvalue weighted by Gasteiger charge is 2.16. The highest BCUT2D eigenvalue weighted by atomic mass is 79.9. The standard InChI is InChI=1S/C16H14BrCl2NO4/c1-8-4-9(18)5-10(17)15(8)24-16(21)20-12-6-11(19)13(22-2)7-14(12)23-3/h4-7H,1-3H3,(H,20,21). The van der Waals surface area contributed by atoms with E-state index in [4.69, 9.17) is 37.4 Å². The van der Waals surface area contributed by atoms with Gasteiger partial charge < -0.3 is 14.2 Å². The molecule has 2 rings (SSSR count). The first kappa shape index (κ1) is 18.7. The summed E-state index contributed by atoms with van der Waals surface area (Å²) in [4.78, 5) is 12.2. The van der Waals surface area contributed by atoms with Crippen LogP contribution in [0.2, 0.25) is 10.0 Å². The smallest absolute Gasteiger partial charge is 0.417 e. The summed E-state index contributed by atoms with van der Waals surface area (Å²) in [5, 5.41) is 3.46. The van der Waals surface area contributed by atoms with Gasteiger partial charge in [-0.2, -0.15) is 0 Å². The molecule has 2 aromatic rings. The molecule has 128 valence electrons. The lowest BCUT2D eigenvalue weighted by molar-refractivity contribution is 0.214. The average Bonchev–Trinajstić information content (AvgIpc) is 2.51. The molecular formula is C16H14BrCl2NO4. The SMILES string of the molecule is COc1cc(OC)c(NC(=O)Oc2c(C)cc(Cl)cc2Br)cc1Cl. The summed E-state index contributed by atoms with van der Waals surface area (Å²) < 4.78 is 16.2. The summed E-state index contributed by atoms with van der Waals surface area (Å²) in [5.74, 6) is 1.19. The molecule has 0 aromatic heterocycles. The predicted octanol–water partition coefficient (Wildman–Crippen LogP) is 5.69. The number of halogens is 3. The number of aryl methyl sites for hydroxylation is 1. The van der Waals surface area contributed by atoms with E-state index < -0.39 is 6.09 Å². The number of hydrogen-bond donors (Lipinski definition) is 1. The van der Waals surface area contributed by atoms with E-state index in [1.807, 2.05) is 0 Å². The fourth-order valence-corrected chi connectivity index (χ4v) is 3.29. The van der Waals surface area contributed by atoms with E-state index in [0.29, 0.717) is 43.0 Å². The molecule has 0 unspecified atom stereocenters. The molecule has 1 N–H and O–H groups in total. The largest absolute Gasteiger partial charge is 0.495 e. The Morgan fingerprint density at radius 3 is 2.33 bits per heavy atom. The molecule has 0 bridgehead atoms. The molecule has 0 atom stereocenters. The topological polar surface area (TPSA) is 56.8 Å². The van der Waals surface area contributed by atoms with Crippen LogP contribution >= 0.6 is 39.1 Å². The van der Waals surface area contributed by atoms with Gasteiger partial charge in [-0.1, -0.05) is 23.2 Å². The van der Waals surface area contributed by atoms with E-state index in [1.54, 1.807) is 25.1 Å². The zero-order valence-electron chi connectivity index (χ0n) is 13.1. The number of methoxy groups -OCH3 is 2. The number of nitrogens with one attached hydrogen (secondary N) is 1. The van der Waals surface area contributed by atoms with Gasteiger partial charge in [0.15, 0.2) is 0 Å². The Bertz CT molecular complexity index is 760. The molecular weight excluding hydrogens is 421 g/mol. The lowest BCUT2D eigenvalue weighted by Gasteiger charge is -2.14. The molecule has 24 heavy (non-hydrogen) atoms. The molecule has 0 spiro atoms. The second-order valence-electron chi connectivity index (χ2n) is 4.74. The van der Waals surface area contributed by atoms with Crippen LogP contribution in [0.4, 0.5) is 10.5 Å². The van der Waals surface area contributed by atoms with Crippen molar-refractivity contribution < 1.29 is 19.0 Å². The minimum atomic E-state index is -0.694. The number of rotatable bonds is 4. The summed E-state index contributed by atoms with van der Waals surface area (Å²) >= 11 is 15.3. The molecule has 5 nitrogen and oxygen atoms in total. The second kappa shape index (κ2) is 7.96. The molecule has 2 aromatic carbocycles. The molecule has 0 aliphatic heterocycles. The van der Waals surface area contributed by atoms with Crippen molar-refractivity contribution in [2.75, 3.05) is 19.5 Å². The zero-order chi connectivity index (χ0) is 17.9. The Morgan fingerprint density at radius 1 is 1.08 bits per heavy atom. The van der Waals surface area contributed by atoms with Crippen molar-refractivity contribution in [1.29, 1.82) is 0 Å². The van der Waals surface area contributed by atoms with E-state index >= 15 is 0 Å². The van der Waals surface area contributed by atoms with Gasteiger partial charge in [-0.3, -0.25) is 5.32 Å². The third-order valence-corrected chi connectivity index (χ3v) is 4.20. The first-order valence-corrected chi connectivity index (χ1v) is 8.26. The lowest BCUT2D eigenvalue weighted by Crippen LogP contribution is -2.18. The van der Waals surface area contributed by atoms with Crippen molar-refractivity contribution in [3.63, 3.8) is 0 Å². The molecule has 0 heterocycles. The summed E-state index contributed by atoms with van der Waals surface area (Å²) in [6, 6.07) is 6.42. The van der Waals surface area contributed by atoms with Crippen LogP contribution in [0.25, 0.3) is 0 Å². The van der Waals surface area contributed by atoms with Gasteiger partial charge in [0, 0.05) is 11.1 Å². The monoisotopic (exact) mass is 433 g/mol.